The molecule has 10 nitrogen and oxygen atoms in total. The predicted octanol–water partition coefficient (Wildman–Crippen LogP) is -0.0712. The highest BCUT2D eigenvalue weighted by atomic mass is 16.5. The number of hydrogen-bond donors (Lipinski definition) is 2. The number of carbonyl (C=O) groups excluding carboxylic acids is 3. The maximum atomic E-state index is 12.0. The van der Waals surface area contributed by atoms with Gasteiger partial charge in [-0.15, -0.1) is 5.10 Å². The summed E-state index contributed by atoms with van der Waals surface area (Å²) in [6.07, 6.45) is 0.796. The second-order valence-electron chi connectivity index (χ2n) is 5.84. The Labute approximate surface area is 150 Å². The van der Waals surface area contributed by atoms with E-state index in [1.807, 2.05) is 20.8 Å². The molecule has 0 spiro atoms. The first-order valence-corrected chi connectivity index (χ1v) is 8.27. The molecule has 140 valence electrons. The summed E-state index contributed by atoms with van der Waals surface area (Å²) in [7, 11) is 0. The van der Waals surface area contributed by atoms with Crippen LogP contribution in [0.2, 0.25) is 0 Å². The smallest absolute Gasteiger partial charge is 0.378 e. The molecule has 26 heavy (non-hydrogen) atoms. The third kappa shape index (κ3) is 4.74. The van der Waals surface area contributed by atoms with E-state index < -0.39 is 24.5 Å². The van der Waals surface area contributed by atoms with Crippen molar-refractivity contribution < 1.29 is 19.1 Å². The number of nitrogens with one attached hydrogen (secondary N) is 2. The number of hydrogen-bond acceptors (Lipinski definition) is 7. The van der Waals surface area contributed by atoms with E-state index in [1.54, 1.807) is 13.0 Å². The number of rotatable bonds is 7. The van der Waals surface area contributed by atoms with Crippen molar-refractivity contribution in [1.82, 2.24) is 30.2 Å². The fraction of sp³-hybridized carbons (Fsp3) is 0.500. The van der Waals surface area contributed by atoms with E-state index in [-0.39, 0.29) is 17.5 Å². The van der Waals surface area contributed by atoms with Crippen LogP contribution in [0.25, 0.3) is 5.78 Å². The fourth-order valence-corrected chi connectivity index (χ4v) is 2.20. The monoisotopic (exact) mass is 362 g/mol. The van der Waals surface area contributed by atoms with Gasteiger partial charge >= 0.3 is 5.97 Å². The van der Waals surface area contributed by atoms with Crippen molar-refractivity contribution in [2.24, 2.45) is 0 Å². The van der Waals surface area contributed by atoms with Crippen LogP contribution in [0.3, 0.4) is 0 Å². The molecule has 2 amide bonds. The molecule has 2 aromatic rings. The summed E-state index contributed by atoms with van der Waals surface area (Å²) in [6.45, 7) is 7.08. The Hall–Kier alpha value is -3.04. The first kappa shape index (κ1) is 19.3. The van der Waals surface area contributed by atoms with Crippen molar-refractivity contribution in [3.8, 4) is 0 Å². The molecule has 0 aliphatic carbocycles. The predicted molar refractivity (Wildman–Crippen MR) is 91.4 cm³/mol. The minimum Gasteiger partial charge on any atom is -0.450 e. The lowest BCUT2D eigenvalue weighted by atomic mass is 10.3. The minimum absolute atomic E-state index is 0.187. The van der Waals surface area contributed by atoms with Crippen molar-refractivity contribution in [1.29, 1.82) is 0 Å². The van der Waals surface area contributed by atoms with Gasteiger partial charge in [-0.1, -0.05) is 6.92 Å². The lowest BCUT2D eigenvalue weighted by Crippen LogP contribution is -2.46. The maximum absolute atomic E-state index is 12.0. The SMILES string of the molecule is CCCNC(=O)[C@H](C)NC(=O)COC(=O)c1nc2nc(C)cc(C)n2n1. The second-order valence-corrected chi connectivity index (χ2v) is 5.84. The molecule has 2 aromatic heterocycles. The highest BCUT2D eigenvalue weighted by Gasteiger charge is 2.19. The Kier molecular flexibility index (Phi) is 6.21. The normalized spacial score (nSPS) is 11.8. The zero-order chi connectivity index (χ0) is 19.3. The zero-order valence-corrected chi connectivity index (χ0v) is 15.2. The molecule has 2 N–H and O–H groups in total. The van der Waals surface area contributed by atoms with Crippen LogP contribution in [0.5, 0.6) is 0 Å². The third-order valence-corrected chi connectivity index (χ3v) is 3.46. The quantitative estimate of drug-likeness (QED) is 0.660. The van der Waals surface area contributed by atoms with Crippen molar-refractivity contribution in [3.63, 3.8) is 0 Å². The number of aromatic nitrogens is 4. The van der Waals surface area contributed by atoms with Crippen LogP contribution in [-0.4, -0.2) is 56.6 Å². The van der Waals surface area contributed by atoms with Gasteiger partial charge in [0.05, 0.1) is 0 Å². The van der Waals surface area contributed by atoms with E-state index in [1.165, 1.54) is 4.52 Å². The van der Waals surface area contributed by atoms with Gasteiger partial charge in [-0.05, 0) is 33.3 Å². The molecule has 0 aliphatic heterocycles. The van der Waals surface area contributed by atoms with Gasteiger partial charge in [-0.25, -0.2) is 14.3 Å². The first-order chi connectivity index (χ1) is 12.3. The number of fused-ring (bicyclic) bond motifs is 1. The van der Waals surface area contributed by atoms with E-state index >= 15 is 0 Å². The number of amides is 2. The van der Waals surface area contributed by atoms with Gasteiger partial charge < -0.3 is 15.4 Å². The van der Waals surface area contributed by atoms with E-state index in [2.05, 4.69) is 25.7 Å². The van der Waals surface area contributed by atoms with Gasteiger partial charge in [0.15, 0.2) is 6.61 Å². The van der Waals surface area contributed by atoms with Crippen molar-refractivity contribution in [2.75, 3.05) is 13.2 Å². The molecule has 10 heteroatoms. The van der Waals surface area contributed by atoms with E-state index in [4.69, 9.17) is 4.74 Å². The number of carbonyl (C=O) groups is 3. The summed E-state index contributed by atoms with van der Waals surface area (Å²) in [5.41, 5.74) is 1.51. The molecule has 0 radical (unpaired) electrons. The zero-order valence-electron chi connectivity index (χ0n) is 15.2. The van der Waals surface area contributed by atoms with Crippen molar-refractivity contribution >= 4 is 23.6 Å². The number of aryl methyl sites for hydroxylation is 2. The molecule has 1 atom stereocenters. The highest BCUT2D eigenvalue weighted by molar-refractivity contribution is 5.90. The van der Waals surface area contributed by atoms with Crippen LogP contribution in [0.15, 0.2) is 6.07 Å². The molecular weight excluding hydrogens is 340 g/mol. The van der Waals surface area contributed by atoms with Crippen LogP contribution in [0.4, 0.5) is 0 Å². The molecule has 2 rings (SSSR count). The summed E-state index contributed by atoms with van der Waals surface area (Å²) in [5, 5.41) is 9.14. The molecule has 2 heterocycles. The van der Waals surface area contributed by atoms with E-state index in [0.717, 1.165) is 17.8 Å². The number of esters is 1. The van der Waals surface area contributed by atoms with Gasteiger partial charge in [0.1, 0.15) is 6.04 Å². The molecule has 0 bridgehead atoms. The number of nitrogens with zero attached hydrogens (tertiary/aromatic N) is 4. The molecule has 0 saturated heterocycles. The molecule has 0 saturated carbocycles. The molecule has 0 fully saturated rings. The summed E-state index contributed by atoms with van der Waals surface area (Å²) in [6, 6.07) is 1.07. The Morgan fingerprint density at radius 2 is 2.00 bits per heavy atom. The average molecular weight is 362 g/mol. The standard InChI is InChI=1S/C16H22N6O4/c1-5-6-17-14(24)11(4)19-12(23)8-26-15(25)13-20-16-18-9(2)7-10(3)22(16)21-13/h7,11H,5-6,8H2,1-4H3,(H,17,24)(H,19,23)/t11-/m0/s1. The van der Waals surface area contributed by atoms with Gasteiger partial charge in [-0.2, -0.15) is 4.98 Å². The Balaban J connectivity index is 1.91. The molecular formula is C16H22N6O4. The van der Waals surface area contributed by atoms with E-state index in [9.17, 15) is 14.4 Å². The summed E-state index contributed by atoms with van der Waals surface area (Å²) >= 11 is 0. The van der Waals surface area contributed by atoms with Crippen LogP contribution in [0, 0.1) is 13.8 Å². The van der Waals surface area contributed by atoms with Gasteiger partial charge in [0.25, 0.3) is 17.5 Å². The number of ether oxygens (including phenoxy) is 1. The Morgan fingerprint density at radius 1 is 1.27 bits per heavy atom. The van der Waals surface area contributed by atoms with Crippen LogP contribution >= 0.6 is 0 Å². The van der Waals surface area contributed by atoms with Gasteiger partial charge in [0, 0.05) is 17.9 Å². The van der Waals surface area contributed by atoms with E-state index in [0.29, 0.717) is 6.54 Å². The van der Waals surface area contributed by atoms with Crippen LogP contribution in [0.1, 0.15) is 42.3 Å². The Bertz CT molecular complexity index is 831. The first-order valence-electron chi connectivity index (χ1n) is 8.27. The average Bonchev–Trinajstić information content (AvgIpc) is 3.01. The highest BCUT2D eigenvalue weighted by Crippen LogP contribution is 2.06. The topological polar surface area (TPSA) is 128 Å². The van der Waals surface area contributed by atoms with Crippen LogP contribution in [-0.2, 0) is 14.3 Å². The van der Waals surface area contributed by atoms with Gasteiger partial charge in [-0.3, -0.25) is 9.59 Å². The lowest BCUT2D eigenvalue weighted by molar-refractivity contribution is -0.130. The lowest BCUT2D eigenvalue weighted by Gasteiger charge is -2.13. The summed E-state index contributed by atoms with van der Waals surface area (Å²) < 4.78 is 6.32. The van der Waals surface area contributed by atoms with Gasteiger partial charge in [0.2, 0.25) is 5.91 Å². The molecule has 0 aliphatic rings. The molecule has 0 aromatic carbocycles. The summed E-state index contributed by atoms with van der Waals surface area (Å²) in [5.74, 6) is -1.64. The van der Waals surface area contributed by atoms with Crippen LogP contribution < -0.4 is 10.6 Å². The van der Waals surface area contributed by atoms with Crippen molar-refractivity contribution in [2.45, 2.75) is 40.2 Å². The maximum Gasteiger partial charge on any atom is 0.378 e. The van der Waals surface area contributed by atoms with Crippen molar-refractivity contribution in [3.05, 3.63) is 23.3 Å². The molecule has 0 unspecified atom stereocenters. The fourth-order valence-electron chi connectivity index (χ4n) is 2.20. The largest absolute Gasteiger partial charge is 0.450 e. The summed E-state index contributed by atoms with van der Waals surface area (Å²) in [4.78, 5) is 43.7. The second kappa shape index (κ2) is 8.37. The minimum atomic E-state index is -0.842. The Morgan fingerprint density at radius 3 is 2.69 bits per heavy atom. The third-order valence-electron chi connectivity index (χ3n) is 3.46.